The van der Waals surface area contributed by atoms with E-state index in [1.807, 2.05) is 13.0 Å². The van der Waals surface area contributed by atoms with Crippen LogP contribution >= 0.6 is 31.9 Å². The molecule has 5 nitrogen and oxygen atoms in total. The van der Waals surface area contributed by atoms with Crippen LogP contribution in [-0.4, -0.2) is 15.9 Å². The summed E-state index contributed by atoms with van der Waals surface area (Å²) in [6.45, 7) is 2.01. The highest BCUT2D eigenvalue weighted by molar-refractivity contribution is 9.10. The summed E-state index contributed by atoms with van der Waals surface area (Å²) in [6.07, 6.45) is 2.86. The van der Waals surface area contributed by atoms with Gasteiger partial charge < -0.3 is 4.42 Å². The van der Waals surface area contributed by atoms with E-state index in [2.05, 4.69) is 41.9 Å². The molecule has 0 saturated heterocycles. The van der Waals surface area contributed by atoms with Crippen molar-refractivity contribution >= 4 is 49.0 Å². The fourth-order valence-electron chi connectivity index (χ4n) is 3.07. The van der Waals surface area contributed by atoms with E-state index in [4.69, 9.17) is 4.42 Å². The third-order valence-corrected chi connectivity index (χ3v) is 5.46. The quantitative estimate of drug-likeness (QED) is 0.289. The fraction of sp³-hybridized carbons (Fsp3) is 0.136. The molecule has 2 aromatic heterocycles. The number of hydrogen-bond acceptors (Lipinski definition) is 4. The molecule has 0 saturated carbocycles. The molecular formula is C22H16Br2FN3O2. The molecule has 0 bridgehead atoms. The number of furan rings is 1. The Morgan fingerprint density at radius 2 is 1.90 bits per heavy atom. The molecule has 0 N–H and O–H groups in total. The molecule has 0 spiro atoms. The van der Waals surface area contributed by atoms with Crippen molar-refractivity contribution in [2.75, 3.05) is 0 Å². The summed E-state index contributed by atoms with van der Waals surface area (Å²) in [5.41, 5.74) is 0.717. The first-order chi connectivity index (χ1) is 14.5. The van der Waals surface area contributed by atoms with Gasteiger partial charge in [-0.05, 0) is 55.0 Å². The highest BCUT2D eigenvalue weighted by atomic mass is 79.9. The van der Waals surface area contributed by atoms with Crippen molar-refractivity contribution in [3.63, 3.8) is 0 Å². The van der Waals surface area contributed by atoms with Gasteiger partial charge in [0.1, 0.15) is 23.2 Å². The summed E-state index contributed by atoms with van der Waals surface area (Å²) in [4.78, 5) is 17.6. The zero-order valence-electron chi connectivity index (χ0n) is 15.9. The minimum atomic E-state index is -0.395. The monoisotopic (exact) mass is 531 g/mol. The largest absolute Gasteiger partial charge is 0.455 e. The normalized spacial score (nSPS) is 11.6. The molecule has 0 atom stereocenters. The Labute approximate surface area is 188 Å². The van der Waals surface area contributed by atoms with E-state index >= 15 is 0 Å². The number of halogens is 3. The number of nitrogens with zero attached hydrogens (tertiary/aromatic N) is 3. The number of benzene rings is 2. The van der Waals surface area contributed by atoms with Crippen molar-refractivity contribution in [3.05, 3.63) is 85.2 Å². The predicted octanol–water partition coefficient (Wildman–Crippen LogP) is 6.16. The molecule has 2 heterocycles. The number of aryl methyl sites for hydroxylation is 1. The average molecular weight is 533 g/mol. The summed E-state index contributed by atoms with van der Waals surface area (Å²) in [5, 5.41) is 4.80. The van der Waals surface area contributed by atoms with Crippen LogP contribution in [0.3, 0.4) is 0 Å². The topological polar surface area (TPSA) is 60.4 Å². The molecule has 0 amide bonds. The Morgan fingerprint density at radius 3 is 2.67 bits per heavy atom. The van der Waals surface area contributed by atoms with Crippen molar-refractivity contribution in [3.8, 4) is 11.3 Å². The molecule has 30 heavy (non-hydrogen) atoms. The molecule has 0 unspecified atom stereocenters. The summed E-state index contributed by atoms with van der Waals surface area (Å²) < 4.78 is 22.6. The lowest BCUT2D eigenvalue weighted by Gasteiger charge is -2.08. The summed E-state index contributed by atoms with van der Waals surface area (Å²) in [6, 6.07) is 13.5. The number of hydrogen-bond donors (Lipinski definition) is 0. The first-order valence-corrected chi connectivity index (χ1v) is 10.9. The zero-order valence-corrected chi connectivity index (χ0v) is 19.1. The van der Waals surface area contributed by atoms with Crippen molar-refractivity contribution in [1.29, 1.82) is 0 Å². The smallest absolute Gasteiger partial charge is 0.282 e. The van der Waals surface area contributed by atoms with E-state index in [0.29, 0.717) is 44.7 Å². The summed E-state index contributed by atoms with van der Waals surface area (Å²) in [7, 11) is 0. The second-order valence-corrected chi connectivity index (χ2v) is 8.46. The van der Waals surface area contributed by atoms with Gasteiger partial charge in [0.2, 0.25) is 0 Å². The number of rotatable bonds is 5. The number of fused-ring (bicyclic) bond motifs is 1. The lowest BCUT2D eigenvalue weighted by Crippen LogP contribution is -2.22. The highest BCUT2D eigenvalue weighted by Gasteiger charge is 2.12. The summed E-state index contributed by atoms with van der Waals surface area (Å²) in [5.74, 6) is 0.950. The van der Waals surface area contributed by atoms with E-state index in [-0.39, 0.29) is 5.56 Å². The Kier molecular flexibility index (Phi) is 5.97. The van der Waals surface area contributed by atoms with Crippen LogP contribution in [0.4, 0.5) is 4.39 Å². The van der Waals surface area contributed by atoms with Crippen molar-refractivity contribution in [1.82, 2.24) is 9.66 Å². The van der Waals surface area contributed by atoms with Gasteiger partial charge in [-0.2, -0.15) is 9.78 Å². The van der Waals surface area contributed by atoms with Gasteiger partial charge in [0.15, 0.2) is 0 Å². The molecule has 0 aliphatic heterocycles. The van der Waals surface area contributed by atoms with Gasteiger partial charge in [-0.15, -0.1) is 0 Å². The maximum atomic E-state index is 14.2. The predicted molar refractivity (Wildman–Crippen MR) is 122 cm³/mol. The molecule has 4 aromatic rings. The van der Waals surface area contributed by atoms with E-state index in [1.165, 1.54) is 17.0 Å². The van der Waals surface area contributed by atoms with Gasteiger partial charge in [-0.25, -0.2) is 9.37 Å². The maximum Gasteiger partial charge on any atom is 0.282 e. The maximum absolute atomic E-state index is 14.2. The molecule has 2 aromatic carbocycles. The van der Waals surface area contributed by atoms with Gasteiger partial charge >= 0.3 is 0 Å². The Balaban J connectivity index is 1.73. The Hall–Kier alpha value is -2.58. The van der Waals surface area contributed by atoms with Gasteiger partial charge in [0.25, 0.3) is 5.56 Å². The van der Waals surface area contributed by atoms with Gasteiger partial charge in [-0.3, -0.25) is 4.79 Å². The zero-order chi connectivity index (χ0) is 21.3. The molecule has 8 heteroatoms. The van der Waals surface area contributed by atoms with Crippen LogP contribution < -0.4 is 5.56 Å². The van der Waals surface area contributed by atoms with Crippen molar-refractivity contribution in [2.45, 2.75) is 19.8 Å². The van der Waals surface area contributed by atoms with Crippen LogP contribution in [0.15, 0.2) is 71.8 Å². The Morgan fingerprint density at radius 1 is 1.13 bits per heavy atom. The van der Waals surface area contributed by atoms with E-state index in [1.54, 1.807) is 36.4 Å². The second-order valence-electron chi connectivity index (χ2n) is 6.63. The van der Waals surface area contributed by atoms with E-state index < -0.39 is 5.82 Å². The fourth-order valence-corrected chi connectivity index (χ4v) is 3.76. The lowest BCUT2D eigenvalue weighted by atomic mass is 10.1. The highest BCUT2D eigenvalue weighted by Crippen LogP contribution is 2.27. The standard InChI is InChI=1S/C22H16Br2FN3O2/c1-2-3-21-27-19-8-5-13(23)10-17(19)22(29)28(21)26-12-15-6-9-20(30-15)16-7-4-14(24)11-18(16)25/h4-12H,2-3H2,1H3. The molecule has 0 radical (unpaired) electrons. The van der Waals surface area contributed by atoms with Crippen LogP contribution in [0, 0.1) is 5.82 Å². The van der Waals surface area contributed by atoms with E-state index in [9.17, 15) is 9.18 Å². The van der Waals surface area contributed by atoms with Gasteiger partial charge in [-0.1, -0.05) is 38.8 Å². The SMILES string of the molecule is CCCc1nc2ccc(Br)cc2c(=O)n1N=Cc1ccc(-c2ccc(Br)cc2F)o1. The van der Waals surface area contributed by atoms with Crippen LogP contribution in [0.5, 0.6) is 0 Å². The van der Waals surface area contributed by atoms with Crippen molar-refractivity contribution in [2.24, 2.45) is 5.10 Å². The van der Waals surface area contributed by atoms with Crippen LogP contribution in [0.25, 0.3) is 22.2 Å². The first-order valence-electron chi connectivity index (χ1n) is 9.27. The van der Waals surface area contributed by atoms with Crippen LogP contribution in [0.1, 0.15) is 24.9 Å². The minimum absolute atomic E-state index is 0.258. The van der Waals surface area contributed by atoms with Crippen LogP contribution in [0.2, 0.25) is 0 Å². The van der Waals surface area contributed by atoms with Crippen LogP contribution in [-0.2, 0) is 6.42 Å². The first kappa shape index (κ1) is 20.7. The third kappa shape index (κ3) is 4.15. The average Bonchev–Trinajstić information content (AvgIpc) is 3.17. The van der Waals surface area contributed by atoms with Crippen molar-refractivity contribution < 1.29 is 8.81 Å². The van der Waals surface area contributed by atoms with Gasteiger partial charge in [0, 0.05) is 15.4 Å². The Bertz CT molecular complexity index is 1330. The molecule has 0 aliphatic rings. The third-order valence-electron chi connectivity index (χ3n) is 4.47. The molecule has 4 rings (SSSR count). The van der Waals surface area contributed by atoms with E-state index in [0.717, 1.165) is 10.9 Å². The second kappa shape index (κ2) is 8.65. The molecule has 152 valence electrons. The summed E-state index contributed by atoms with van der Waals surface area (Å²) >= 11 is 6.63. The number of aromatic nitrogens is 2. The van der Waals surface area contributed by atoms with Gasteiger partial charge in [0.05, 0.1) is 22.7 Å². The molecular weight excluding hydrogens is 517 g/mol. The molecule has 0 aliphatic carbocycles. The lowest BCUT2D eigenvalue weighted by molar-refractivity contribution is 0.562. The minimum Gasteiger partial charge on any atom is -0.455 e. The molecule has 0 fully saturated rings.